The summed E-state index contributed by atoms with van der Waals surface area (Å²) in [4.78, 5) is 13.3. The summed E-state index contributed by atoms with van der Waals surface area (Å²) in [5, 5.41) is 18.6. The molecular weight excluding hydrogens is 222 g/mol. The van der Waals surface area contributed by atoms with Crippen molar-refractivity contribution in [3.63, 3.8) is 0 Å². The summed E-state index contributed by atoms with van der Waals surface area (Å²) in [7, 11) is 0. The fraction of sp³-hybridized carbons (Fsp3) is 0.750. The van der Waals surface area contributed by atoms with Gasteiger partial charge in [0.15, 0.2) is 0 Å². The van der Waals surface area contributed by atoms with E-state index < -0.39 is 23.8 Å². The molecule has 1 heterocycles. The molecular formula is C12H21NO4. The zero-order chi connectivity index (χ0) is 13.1. The van der Waals surface area contributed by atoms with E-state index in [1.807, 2.05) is 6.08 Å². The lowest BCUT2D eigenvalue weighted by Gasteiger charge is -2.30. The summed E-state index contributed by atoms with van der Waals surface area (Å²) in [6.45, 7) is 5.73. The second kappa shape index (κ2) is 5.51. The van der Waals surface area contributed by atoms with Gasteiger partial charge in [0.25, 0.3) is 0 Å². The Morgan fingerprint density at radius 3 is 2.76 bits per heavy atom. The number of aliphatic hydroxyl groups excluding tert-OH is 2. The lowest BCUT2D eigenvalue weighted by Crippen LogP contribution is -2.45. The zero-order valence-electron chi connectivity index (χ0n) is 10.6. The molecule has 2 atom stereocenters. The number of hydrogen-bond donors (Lipinski definition) is 2. The van der Waals surface area contributed by atoms with Gasteiger partial charge in [-0.3, -0.25) is 4.90 Å². The molecule has 0 spiro atoms. The molecule has 0 aromatic rings. The van der Waals surface area contributed by atoms with Gasteiger partial charge in [-0.25, -0.2) is 4.79 Å². The van der Waals surface area contributed by atoms with Crippen molar-refractivity contribution in [3.8, 4) is 0 Å². The molecule has 1 rings (SSSR count). The number of carbonyl (C=O) groups excluding carboxylic acids is 1. The zero-order valence-corrected chi connectivity index (χ0v) is 10.6. The van der Waals surface area contributed by atoms with Crippen LogP contribution in [0.1, 0.15) is 27.2 Å². The standard InChI is InChI=1S/C12H21NO4/c1-12(2,3)17-11(16)13-7-4-5-9(13)10(15)6-8-14/h4-5,9-10,14-15H,6-8H2,1-3H3/t9-,10-/m0/s1. The highest BCUT2D eigenvalue weighted by molar-refractivity contribution is 5.70. The van der Waals surface area contributed by atoms with Crippen molar-refractivity contribution in [3.05, 3.63) is 12.2 Å². The molecule has 0 aliphatic carbocycles. The minimum atomic E-state index is -0.758. The van der Waals surface area contributed by atoms with E-state index in [1.54, 1.807) is 26.8 Å². The number of aliphatic hydroxyl groups is 2. The highest BCUT2D eigenvalue weighted by atomic mass is 16.6. The summed E-state index contributed by atoms with van der Waals surface area (Å²) in [5.41, 5.74) is -0.549. The van der Waals surface area contributed by atoms with E-state index in [4.69, 9.17) is 9.84 Å². The molecule has 98 valence electrons. The average Bonchev–Trinajstić information content (AvgIpc) is 2.63. The van der Waals surface area contributed by atoms with Crippen LogP contribution in [-0.2, 0) is 4.74 Å². The second-order valence-corrected chi connectivity index (χ2v) is 5.13. The van der Waals surface area contributed by atoms with Gasteiger partial charge in [0.2, 0.25) is 0 Å². The van der Waals surface area contributed by atoms with Crippen LogP contribution in [0.15, 0.2) is 12.2 Å². The maximum absolute atomic E-state index is 11.9. The first-order valence-electron chi connectivity index (χ1n) is 5.80. The molecule has 0 unspecified atom stereocenters. The number of hydrogen-bond acceptors (Lipinski definition) is 4. The number of amides is 1. The van der Waals surface area contributed by atoms with Gasteiger partial charge in [-0.2, -0.15) is 0 Å². The molecule has 17 heavy (non-hydrogen) atoms. The van der Waals surface area contributed by atoms with Gasteiger partial charge < -0.3 is 14.9 Å². The van der Waals surface area contributed by atoms with Crippen LogP contribution in [0.4, 0.5) is 4.79 Å². The van der Waals surface area contributed by atoms with Gasteiger partial charge in [0.1, 0.15) is 5.60 Å². The van der Waals surface area contributed by atoms with E-state index in [9.17, 15) is 9.90 Å². The van der Waals surface area contributed by atoms with Crippen LogP contribution in [0.5, 0.6) is 0 Å². The molecule has 0 fully saturated rings. The lowest BCUT2D eigenvalue weighted by atomic mass is 10.1. The Kier molecular flexibility index (Phi) is 4.54. The molecule has 1 amide bonds. The van der Waals surface area contributed by atoms with Crippen LogP contribution in [0.3, 0.4) is 0 Å². The highest BCUT2D eigenvalue weighted by Crippen LogP contribution is 2.19. The van der Waals surface area contributed by atoms with Gasteiger partial charge in [-0.05, 0) is 27.2 Å². The summed E-state index contributed by atoms with van der Waals surface area (Å²) in [5.74, 6) is 0. The van der Waals surface area contributed by atoms with Gasteiger partial charge in [0, 0.05) is 13.2 Å². The Morgan fingerprint density at radius 1 is 1.59 bits per heavy atom. The highest BCUT2D eigenvalue weighted by Gasteiger charge is 2.32. The number of carbonyl (C=O) groups is 1. The van der Waals surface area contributed by atoms with E-state index in [0.717, 1.165) is 0 Å². The third kappa shape index (κ3) is 4.02. The molecule has 1 aliphatic rings. The van der Waals surface area contributed by atoms with Gasteiger partial charge in [0.05, 0.1) is 12.1 Å². The van der Waals surface area contributed by atoms with Crippen LogP contribution >= 0.6 is 0 Å². The molecule has 0 aromatic carbocycles. The first kappa shape index (κ1) is 14.0. The van der Waals surface area contributed by atoms with Crippen molar-refractivity contribution in [2.24, 2.45) is 0 Å². The fourth-order valence-electron chi connectivity index (χ4n) is 1.70. The van der Waals surface area contributed by atoms with Crippen molar-refractivity contribution in [1.82, 2.24) is 4.90 Å². The quantitative estimate of drug-likeness (QED) is 0.723. The summed E-state index contributed by atoms with van der Waals surface area (Å²) >= 11 is 0. The topological polar surface area (TPSA) is 70.0 Å². The smallest absolute Gasteiger partial charge is 0.411 e. The second-order valence-electron chi connectivity index (χ2n) is 5.13. The van der Waals surface area contributed by atoms with Crippen molar-refractivity contribution >= 4 is 6.09 Å². The van der Waals surface area contributed by atoms with Crippen LogP contribution in [-0.4, -0.2) is 52.1 Å². The minimum Gasteiger partial charge on any atom is -0.444 e. The first-order chi connectivity index (χ1) is 7.85. The molecule has 2 N–H and O–H groups in total. The van der Waals surface area contributed by atoms with E-state index in [1.165, 1.54) is 4.90 Å². The Labute approximate surface area is 102 Å². The lowest BCUT2D eigenvalue weighted by molar-refractivity contribution is 0.00579. The van der Waals surface area contributed by atoms with Crippen LogP contribution in [0.25, 0.3) is 0 Å². The van der Waals surface area contributed by atoms with Crippen LogP contribution < -0.4 is 0 Å². The molecule has 0 bridgehead atoms. The van der Waals surface area contributed by atoms with Gasteiger partial charge >= 0.3 is 6.09 Å². The molecule has 0 radical (unpaired) electrons. The predicted octanol–water partition coefficient (Wildman–Crippen LogP) is 0.905. The van der Waals surface area contributed by atoms with Gasteiger partial charge in [-0.15, -0.1) is 0 Å². The van der Waals surface area contributed by atoms with E-state index in [-0.39, 0.29) is 13.0 Å². The van der Waals surface area contributed by atoms with E-state index in [2.05, 4.69) is 0 Å². The third-order valence-electron chi connectivity index (χ3n) is 2.44. The molecule has 1 aliphatic heterocycles. The number of nitrogens with zero attached hydrogens (tertiary/aromatic N) is 1. The maximum Gasteiger partial charge on any atom is 0.411 e. The monoisotopic (exact) mass is 243 g/mol. The van der Waals surface area contributed by atoms with Crippen molar-refractivity contribution in [2.45, 2.75) is 44.9 Å². The Morgan fingerprint density at radius 2 is 2.24 bits per heavy atom. The fourth-order valence-corrected chi connectivity index (χ4v) is 1.70. The van der Waals surface area contributed by atoms with Crippen molar-refractivity contribution in [2.75, 3.05) is 13.2 Å². The van der Waals surface area contributed by atoms with E-state index in [0.29, 0.717) is 6.54 Å². The SMILES string of the molecule is CC(C)(C)OC(=O)N1CC=C[C@H]1[C@@H](O)CCO. The predicted molar refractivity (Wildman–Crippen MR) is 63.6 cm³/mol. The van der Waals surface area contributed by atoms with Crippen molar-refractivity contribution in [1.29, 1.82) is 0 Å². The van der Waals surface area contributed by atoms with Crippen LogP contribution in [0.2, 0.25) is 0 Å². The number of ether oxygens (including phenoxy) is 1. The molecule has 5 heteroatoms. The molecule has 0 saturated heterocycles. The molecule has 0 saturated carbocycles. The maximum atomic E-state index is 11.9. The first-order valence-corrected chi connectivity index (χ1v) is 5.80. The summed E-state index contributed by atoms with van der Waals surface area (Å²) in [6, 6.07) is -0.406. The number of rotatable bonds is 3. The van der Waals surface area contributed by atoms with Crippen LogP contribution in [0, 0.1) is 0 Å². The Bertz CT molecular complexity index is 295. The minimum absolute atomic E-state index is 0.104. The summed E-state index contributed by atoms with van der Waals surface area (Å²) < 4.78 is 5.25. The van der Waals surface area contributed by atoms with Crippen molar-refractivity contribution < 1.29 is 19.7 Å². The Hall–Kier alpha value is -1.07. The normalized spacial score (nSPS) is 21.7. The third-order valence-corrected chi connectivity index (χ3v) is 2.44. The largest absolute Gasteiger partial charge is 0.444 e. The average molecular weight is 243 g/mol. The molecule has 5 nitrogen and oxygen atoms in total. The molecule has 0 aromatic heterocycles. The Balaban J connectivity index is 2.61. The summed E-state index contributed by atoms with van der Waals surface area (Å²) in [6.07, 6.45) is 2.63. The van der Waals surface area contributed by atoms with E-state index >= 15 is 0 Å². The van der Waals surface area contributed by atoms with Gasteiger partial charge in [-0.1, -0.05) is 12.2 Å².